The van der Waals surface area contributed by atoms with E-state index in [0.29, 0.717) is 0 Å². The van der Waals surface area contributed by atoms with Gasteiger partial charge >= 0.3 is 0 Å². The molecule has 78 valence electrons. The normalized spacial score (nSPS) is 25.1. The van der Waals surface area contributed by atoms with Crippen LogP contribution in [0.5, 0.6) is 5.06 Å². The van der Waals surface area contributed by atoms with Crippen molar-refractivity contribution in [3.05, 3.63) is 15.4 Å². The van der Waals surface area contributed by atoms with E-state index in [2.05, 4.69) is 34.2 Å². The molecule has 0 aromatic carbocycles. The molecular formula is C10H14BrNOS. The highest BCUT2D eigenvalue weighted by Crippen LogP contribution is 2.35. The van der Waals surface area contributed by atoms with E-state index in [1.54, 1.807) is 18.4 Å². The van der Waals surface area contributed by atoms with Crippen molar-refractivity contribution in [2.24, 2.45) is 5.92 Å². The Morgan fingerprint density at radius 2 is 2.43 bits per heavy atom. The van der Waals surface area contributed by atoms with Gasteiger partial charge in [-0.25, -0.2) is 0 Å². The second-order valence-electron chi connectivity index (χ2n) is 3.75. The number of halogens is 1. The molecule has 1 aromatic heterocycles. The van der Waals surface area contributed by atoms with E-state index >= 15 is 0 Å². The average molecular weight is 276 g/mol. The molecule has 1 aliphatic rings. The maximum atomic E-state index is 5.21. The van der Waals surface area contributed by atoms with Gasteiger partial charge < -0.3 is 10.1 Å². The van der Waals surface area contributed by atoms with Gasteiger partial charge in [0.25, 0.3) is 0 Å². The second-order valence-corrected chi connectivity index (χ2v) is 5.71. The molecule has 1 saturated carbocycles. The minimum Gasteiger partial charge on any atom is -0.486 e. The van der Waals surface area contributed by atoms with Crippen LogP contribution in [-0.4, -0.2) is 13.2 Å². The summed E-state index contributed by atoms with van der Waals surface area (Å²) in [6.07, 6.45) is 1.32. The molecule has 14 heavy (non-hydrogen) atoms. The molecule has 0 amide bonds. The Kier molecular flexibility index (Phi) is 3.14. The van der Waals surface area contributed by atoms with Gasteiger partial charge in [0.1, 0.15) is 0 Å². The first kappa shape index (κ1) is 10.5. The zero-order chi connectivity index (χ0) is 10.1. The highest BCUT2D eigenvalue weighted by atomic mass is 79.9. The molecule has 0 bridgehead atoms. The van der Waals surface area contributed by atoms with E-state index in [1.807, 2.05) is 0 Å². The van der Waals surface area contributed by atoms with Gasteiger partial charge in [-0.2, -0.15) is 0 Å². The average Bonchev–Trinajstić information content (AvgIpc) is 2.73. The number of rotatable bonds is 4. The van der Waals surface area contributed by atoms with E-state index in [-0.39, 0.29) is 0 Å². The Bertz CT molecular complexity index is 326. The van der Waals surface area contributed by atoms with Crippen molar-refractivity contribution in [3.8, 4) is 5.06 Å². The summed E-state index contributed by atoms with van der Waals surface area (Å²) in [5.74, 6) is 0.861. The minimum atomic E-state index is 0.738. The summed E-state index contributed by atoms with van der Waals surface area (Å²) in [5, 5.41) is 4.48. The van der Waals surface area contributed by atoms with Gasteiger partial charge in [-0.15, -0.1) is 11.3 Å². The Morgan fingerprint density at radius 1 is 1.71 bits per heavy atom. The molecule has 1 aromatic rings. The molecule has 0 saturated heterocycles. The molecule has 2 unspecified atom stereocenters. The lowest BCUT2D eigenvalue weighted by Gasteiger charge is -1.99. The Balaban J connectivity index is 1.89. The summed E-state index contributed by atoms with van der Waals surface area (Å²) in [5.41, 5.74) is 0. The molecule has 1 heterocycles. The third-order valence-corrected chi connectivity index (χ3v) is 4.49. The van der Waals surface area contributed by atoms with E-state index in [0.717, 1.165) is 28.0 Å². The first-order valence-corrected chi connectivity index (χ1v) is 6.37. The lowest BCUT2D eigenvalue weighted by Crippen LogP contribution is -2.16. The lowest BCUT2D eigenvalue weighted by atomic mass is 10.4. The second kappa shape index (κ2) is 4.21. The number of thiophene rings is 1. The van der Waals surface area contributed by atoms with Crippen molar-refractivity contribution < 1.29 is 4.74 Å². The van der Waals surface area contributed by atoms with Crippen LogP contribution in [0.4, 0.5) is 0 Å². The van der Waals surface area contributed by atoms with Gasteiger partial charge in [0.05, 0.1) is 11.6 Å². The van der Waals surface area contributed by atoms with E-state index < -0.39 is 0 Å². The predicted octanol–water partition coefficient (Wildman–Crippen LogP) is 3.02. The van der Waals surface area contributed by atoms with Gasteiger partial charge in [-0.1, -0.05) is 6.92 Å². The Labute approximate surface area is 96.8 Å². The molecule has 2 rings (SSSR count). The molecule has 2 nitrogen and oxygen atoms in total. The fraction of sp³-hybridized carbons (Fsp3) is 0.600. The van der Waals surface area contributed by atoms with Crippen LogP contribution in [0, 0.1) is 5.92 Å². The summed E-state index contributed by atoms with van der Waals surface area (Å²) in [4.78, 5) is 1.33. The molecule has 1 aliphatic carbocycles. The maximum Gasteiger partial charge on any atom is 0.188 e. The zero-order valence-electron chi connectivity index (χ0n) is 8.34. The van der Waals surface area contributed by atoms with E-state index in [4.69, 9.17) is 4.74 Å². The maximum absolute atomic E-state index is 5.21. The summed E-state index contributed by atoms with van der Waals surface area (Å²) in [6.45, 7) is 3.24. The van der Waals surface area contributed by atoms with Crippen LogP contribution < -0.4 is 10.1 Å². The largest absolute Gasteiger partial charge is 0.486 e. The minimum absolute atomic E-state index is 0.738. The standard InChI is InChI=1S/C10H14BrNOS/c1-6-3-9(6)12-5-7-4-8(11)10(13-2)14-7/h4,6,9,12H,3,5H2,1-2H3. The topological polar surface area (TPSA) is 21.3 Å². The highest BCUT2D eigenvalue weighted by Gasteiger charge is 2.31. The Hall–Kier alpha value is -0.0600. The summed E-state index contributed by atoms with van der Waals surface area (Å²) >= 11 is 5.17. The van der Waals surface area contributed by atoms with Gasteiger partial charge in [-0.3, -0.25) is 0 Å². The quantitative estimate of drug-likeness (QED) is 0.912. The van der Waals surface area contributed by atoms with Gasteiger partial charge in [0, 0.05) is 17.5 Å². The molecule has 0 aliphatic heterocycles. The number of methoxy groups -OCH3 is 1. The molecule has 0 spiro atoms. The fourth-order valence-corrected chi connectivity index (χ4v) is 3.10. The van der Waals surface area contributed by atoms with Crippen LogP contribution in [0.25, 0.3) is 0 Å². The van der Waals surface area contributed by atoms with Gasteiger partial charge in [0.15, 0.2) is 5.06 Å². The summed E-state index contributed by atoms with van der Waals surface area (Å²) in [7, 11) is 1.71. The zero-order valence-corrected chi connectivity index (χ0v) is 10.7. The van der Waals surface area contributed by atoms with Crippen molar-refractivity contribution in [1.82, 2.24) is 5.32 Å². The molecular weight excluding hydrogens is 262 g/mol. The van der Waals surface area contributed by atoms with Crippen molar-refractivity contribution in [2.75, 3.05) is 7.11 Å². The van der Waals surface area contributed by atoms with Crippen molar-refractivity contribution in [3.63, 3.8) is 0 Å². The van der Waals surface area contributed by atoms with Crippen LogP contribution in [0.2, 0.25) is 0 Å². The molecule has 4 heteroatoms. The molecule has 1 fully saturated rings. The van der Waals surface area contributed by atoms with E-state index in [9.17, 15) is 0 Å². The van der Waals surface area contributed by atoms with Crippen molar-refractivity contribution >= 4 is 27.3 Å². The number of nitrogens with one attached hydrogen (secondary N) is 1. The number of hydrogen-bond donors (Lipinski definition) is 1. The van der Waals surface area contributed by atoms with Crippen molar-refractivity contribution in [1.29, 1.82) is 0 Å². The van der Waals surface area contributed by atoms with Gasteiger partial charge in [0.2, 0.25) is 0 Å². The fourth-order valence-electron chi connectivity index (χ4n) is 1.46. The first-order chi connectivity index (χ1) is 6.70. The summed E-state index contributed by atoms with van der Waals surface area (Å²) < 4.78 is 6.27. The number of hydrogen-bond acceptors (Lipinski definition) is 3. The third-order valence-electron chi connectivity index (χ3n) is 2.54. The monoisotopic (exact) mass is 275 g/mol. The third kappa shape index (κ3) is 2.30. The highest BCUT2D eigenvalue weighted by molar-refractivity contribution is 9.10. The lowest BCUT2D eigenvalue weighted by molar-refractivity contribution is 0.425. The summed E-state index contributed by atoms with van der Waals surface area (Å²) in [6, 6.07) is 2.87. The predicted molar refractivity (Wildman–Crippen MR) is 63.0 cm³/mol. The van der Waals surface area contributed by atoms with Crippen LogP contribution in [0.3, 0.4) is 0 Å². The first-order valence-electron chi connectivity index (χ1n) is 4.76. The molecule has 1 N–H and O–H groups in total. The van der Waals surface area contributed by atoms with Crippen LogP contribution in [-0.2, 0) is 6.54 Å². The molecule has 0 radical (unpaired) electrons. The van der Waals surface area contributed by atoms with Crippen LogP contribution in [0.1, 0.15) is 18.2 Å². The SMILES string of the molecule is COc1sc(CNC2CC2C)cc1Br. The van der Waals surface area contributed by atoms with Crippen LogP contribution >= 0.6 is 27.3 Å². The molecule has 2 atom stereocenters. The van der Waals surface area contributed by atoms with Gasteiger partial charge in [-0.05, 0) is 34.3 Å². The smallest absolute Gasteiger partial charge is 0.188 e. The van der Waals surface area contributed by atoms with E-state index in [1.165, 1.54) is 11.3 Å². The Morgan fingerprint density at radius 3 is 2.93 bits per heavy atom. The van der Waals surface area contributed by atoms with Crippen LogP contribution in [0.15, 0.2) is 10.5 Å². The van der Waals surface area contributed by atoms with Crippen molar-refractivity contribution in [2.45, 2.75) is 25.9 Å². The number of ether oxygens (including phenoxy) is 1.